The summed E-state index contributed by atoms with van der Waals surface area (Å²) in [5.41, 5.74) is 7.34. The maximum atomic E-state index is 13.2. The van der Waals surface area contributed by atoms with Gasteiger partial charge in [-0.1, -0.05) is 30.3 Å². The van der Waals surface area contributed by atoms with Gasteiger partial charge in [0.15, 0.2) is 6.66 Å². The zero-order valence-electron chi connectivity index (χ0n) is 16.9. The third kappa shape index (κ3) is 5.50. The molecular formula is C24H25FO3P+. The van der Waals surface area contributed by atoms with E-state index in [4.69, 9.17) is 4.52 Å². The number of hydrogen-bond acceptors (Lipinski definition) is 3. The number of phenolic OH excluding ortho intramolecular Hbond substituents is 1. The van der Waals surface area contributed by atoms with Crippen LogP contribution in [0.15, 0.2) is 54.6 Å². The van der Waals surface area contributed by atoms with E-state index in [0.29, 0.717) is 12.2 Å². The zero-order chi connectivity index (χ0) is 21.0. The van der Waals surface area contributed by atoms with Crippen LogP contribution in [0.2, 0.25) is 0 Å². The highest BCUT2D eigenvalue weighted by atomic mass is 31.1. The van der Waals surface area contributed by atoms with Gasteiger partial charge in [0.25, 0.3) is 0 Å². The van der Waals surface area contributed by atoms with Crippen molar-refractivity contribution in [2.45, 2.75) is 26.7 Å². The molecular weight excluding hydrogens is 386 g/mol. The summed E-state index contributed by atoms with van der Waals surface area (Å²) in [5.74, 6) is -0.120. The van der Waals surface area contributed by atoms with E-state index >= 15 is 0 Å². The molecule has 3 aromatic rings. The summed E-state index contributed by atoms with van der Waals surface area (Å²) in [6.45, 7) is 6.19. The van der Waals surface area contributed by atoms with Crippen LogP contribution in [-0.2, 0) is 21.9 Å². The second-order valence-electron chi connectivity index (χ2n) is 7.27. The summed E-state index contributed by atoms with van der Waals surface area (Å²) in [5, 5.41) is 10.3. The van der Waals surface area contributed by atoms with E-state index in [0.717, 1.165) is 24.0 Å². The maximum Gasteiger partial charge on any atom is 0.504 e. The summed E-state index contributed by atoms with van der Waals surface area (Å²) in [7, 11) is -1.57. The first-order valence-electron chi connectivity index (χ1n) is 9.54. The standard InChI is InChI=1S/C24H24FO3P/c1-16-12-19(10-11-28-29(3)27)13-17(2)22(16)14-18-4-9-24(26)23(15-18)20-5-7-21(25)8-6-20/h4-9,12-13,15H,10-11,14H2,1-3H3/p+1. The second kappa shape index (κ2) is 9.30. The van der Waals surface area contributed by atoms with Gasteiger partial charge in [0.1, 0.15) is 18.2 Å². The Morgan fingerprint density at radius 2 is 1.62 bits per heavy atom. The molecule has 0 aliphatic carbocycles. The first-order chi connectivity index (χ1) is 13.8. The van der Waals surface area contributed by atoms with Gasteiger partial charge in [-0.05, 0) is 82.5 Å². The van der Waals surface area contributed by atoms with Crippen LogP contribution >= 0.6 is 8.03 Å². The van der Waals surface area contributed by atoms with Crippen LogP contribution in [0.5, 0.6) is 5.75 Å². The van der Waals surface area contributed by atoms with E-state index in [1.807, 2.05) is 12.1 Å². The van der Waals surface area contributed by atoms with Crippen molar-refractivity contribution in [1.29, 1.82) is 0 Å². The summed E-state index contributed by atoms with van der Waals surface area (Å²) < 4.78 is 29.5. The molecule has 0 radical (unpaired) electrons. The Kier molecular flexibility index (Phi) is 6.79. The fourth-order valence-corrected chi connectivity index (χ4v) is 3.90. The number of aromatic hydroxyl groups is 1. The van der Waals surface area contributed by atoms with E-state index in [9.17, 15) is 14.1 Å². The Hall–Kier alpha value is -2.55. The molecule has 1 unspecified atom stereocenters. The number of rotatable bonds is 7. The lowest BCUT2D eigenvalue weighted by Gasteiger charge is -2.14. The largest absolute Gasteiger partial charge is 0.507 e. The Bertz CT molecular complexity index is 1010. The molecule has 1 atom stereocenters. The number of phenols is 1. The Morgan fingerprint density at radius 3 is 2.24 bits per heavy atom. The molecule has 0 fully saturated rings. The normalized spacial score (nSPS) is 11.5. The van der Waals surface area contributed by atoms with Crippen molar-refractivity contribution >= 4 is 8.03 Å². The van der Waals surface area contributed by atoms with Gasteiger partial charge in [0, 0.05) is 12.0 Å². The first-order valence-corrected chi connectivity index (χ1v) is 11.2. The third-order valence-electron chi connectivity index (χ3n) is 5.02. The fourth-order valence-electron chi connectivity index (χ4n) is 3.56. The molecule has 0 aliphatic heterocycles. The Balaban J connectivity index is 1.83. The molecule has 150 valence electrons. The van der Waals surface area contributed by atoms with E-state index in [2.05, 4.69) is 26.0 Å². The molecule has 5 heteroatoms. The average molecular weight is 411 g/mol. The Morgan fingerprint density at radius 1 is 0.966 bits per heavy atom. The van der Waals surface area contributed by atoms with Crippen LogP contribution in [-0.4, -0.2) is 18.4 Å². The number of hydrogen-bond donors (Lipinski definition) is 1. The maximum absolute atomic E-state index is 13.2. The monoisotopic (exact) mass is 411 g/mol. The van der Waals surface area contributed by atoms with E-state index in [1.54, 1.807) is 24.9 Å². The summed E-state index contributed by atoms with van der Waals surface area (Å²) in [6, 6.07) is 16.0. The van der Waals surface area contributed by atoms with Gasteiger partial charge >= 0.3 is 8.03 Å². The second-order valence-corrected chi connectivity index (χ2v) is 8.40. The van der Waals surface area contributed by atoms with Crippen LogP contribution in [0.3, 0.4) is 0 Å². The first kappa shape index (κ1) is 21.2. The number of benzene rings is 3. The predicted octanol–water partition coefficient (Wildman–Crippen LogP) is 6.34. The third-order valence-corrected chi connectivity index (χ3v) is 5.56. The topological polar surface area (TPSA) is 46.5 Å². The van der Waals surface area contributed by atoms with Crippen molar-refractivity contribution in [3.63, 3.8) is 0 Å². The predicted molar refractivity (Wildman–Crippen MR) is 115 cm³/mol. The highest BCUT2D eigenvalue weighted by molar-refractivity contribution is 7.38. The molecule has 0 bridgehead atoms. The minimum Gasteiger partial charge on any atom is -0.507 e. The van der Waals surface area contributed by atoms with Gasteiger partial charge in [0.05, 0.1) is 0 Å². The van der Waals surface area contributed by atoms with E-state index in [-0.39, 0.29) is 11.6 Å². The van der Waals surface area contributed by atoms with Gasteiger partial charge in [-0.25, -0.2) is 4.39 Å². The smallest absolute Gasteiger partial charge is 0.504 e. The Labute approximate surface area is 172 Å². The molecule has 1 N–H and O–H groups in total. The molecule has 0 aromatic heterocycles. The molecule has 0 amide bonds. The van der Waals surface area contributed by atoms with Crippen molar-refractivity contribution < 1.29 is 18.6 Å². The van der Waals surface area contributed by atoms with Crippen molar-refractivity contribution in [3.8, 4) is 16.9 Å². The SMILES string of the molecule is Cc1cc(CCO[P+](C)=O)cc(C)c1Cc1ccc(O)c(-c2ccc(F)cc2)c1. The highest BCUT2D eigenvalue weighted by Gasteiger charge is 2.11. The lowest BCUT2D eigenvalue weighted by molar-refractivity contribution is 0.336. The van der Waals surface area contributed by atoms with Crippen LogP contribution in [0.25, 0.3) is 11.1 Å². The van der Waals surface area contributed by atoms with Gasteiger partial charge in [-0.3, -0.25) is 0 Å². The quantitative estimate of drug-likeness (QED) is 0.462. The summed E-state index contributed by atoms with van der Waals surface area (Å²) in [4.78, 5) is 0. The van der Waals surface area contributed by atoms with E-state index < -0.39 is 8.03 Å². The van der Waals surface area contributed by atoms with Crippen LogP contribution in [0.1, 0.15) is 27.8 Å². The van der Waals surface area contributed by atoms with Crippen LogP contribution < -0.4 is 0 Å². The van der Waals surface area contributed by atoms with Crippen LogP contribution in [0, 0.1) is 19.7 Å². The zero-order valence-corrected chi connectivity index (χ0v) is 17.8. The number of aryl methyl sites for hydroxylation is 2. The molecule has 0 saturated carbocycles. The summed E-state index contributed by atoms with van der Waals surface area (Å²) >= 11 is 0. The minimum atomic E-state index is -1.57. The molecule has 0 spiro atoms. The van der Waals surface area contributed by atoms with Gasteiger partial charge in [0.2, 0.25) is 0 Å². The average Bonchev–Trinajstić information content (AvgIpc) is 2.66. The van der Waals surface area contributed by atoms with E-state index in [1.165, 1.54) is 34.4 Å². The van der Waals surface area contributed by atoms with Crippen molar-refractivity contribution in [3.05, 3.63) is 88.2 Å². The molecule has 3 aromatic carbocycles. The molecule has 0 saturated heterocycles. The van der Waals surface area contributed by atoms with Gasteiger partial charge in [-0.2, -0.15) is 0 Å². The van der Waals surface area contributed by atoms with Crippen LogP contribution in [0.4, 0.5) is 4.39 Å². The lowest BCUT2D eigenvalue weighted by atomic mass is 9.92. The highest BCUT2D eigenvalue weighted by Crippen LogP contribution is 2.31. The lowest BCUT2D eigenvalue weighted by Crippen LogP contribution is -2.00. The number of halogens is 1. The summed E-state index contributed by atoms with van der Waals surface area (Å²) in [6.07, 6.45) is 1.47. The molecule has 3 rings (SSSR count). The molecule has 29 heavy (non-hydrogen) atoms. The molecule has 0 heterocycles. The van der Waals surface area contributed by atoms with Crippen molar-refractivity contribution in [2.24, 2.45) is 0 Å². The minimum absolute atomic E-state index is 0.179. The van der Waals surface area contributed by atoms with Gasteiger partial charge < -0.3 is 5.11 Å². The fraction of sp³-hybridized carbons (Fsp3) is 0.250. The van der Waals surface area contributed by atoms with Crippen molar-refractivity contribution in [1.82, 2.24) is 0 Å². The molecule has 0 aliphatic rings. The molecule has 3 nitrogen and oxygen atoms in total. The van der Waals surface area contributed by atoms with Crippen molar-refractivity contribution in [2.75, 3.05) is 13.3 Å². The van der Waals surface area contributed by atoms with Gasteiger partial charge in [-0.15, -0.1) is 4.52 Å².